The maximum atomic E-state index is 10.9. The van der Waals surface area contributed by atoms with Crippen LogP contribution in [0.15, 0.2) is 52.6 Å². The largest absolute Gasteiger partial charge is 0.477 e. The number of rotatable bonds is 1. The van der Waals surface area contributed by atoms with Gasteiger partial charge >= 0.3 is 5.97 Å². The fraction of sp³-hybridized carbons (Fsp3) is 0.167. The lowest BCUT2D eigenvalue weighted by molar-refractivity contribution is -0.129. The Hall–Kier alpha value is -2.10. The summed E-state index contributed by atoms with van der Waals surface area (Å²) in [4.78, 5) is 16.9. The molecule has 0 radical (unpaired) electrons. The fourth-order valence-electron chi connectivity index (χ4n) is 1.98. The van der Waals surface area contributed by atoms with Gasteiger partial charge in [-0.25, -0.2) is 9.79 Å². The van der Waals surface area contributed by atoms with Gasteiger partial charge in [-0.3, -0.25) is 0 Å². The summed E-state index contributed by atoms with van der Waals surface area (Å²) in [5.74, 6) is -0.228. The lowest BCUT2D eigenvalue weighted by atomic mass is 9.85. The molecule has 0 spiro atoms. The summed E-state index contributed by atoms with van der Waals surface area (Å²) < 4.78 is 0. The first kappa shape index (κ1) is 9.15. The SMILES string of the molecule is O=C(O)C1=NC2=C3CCC3=CC=CN2C=C1. The van der Waals surface area contributed by atoms with Gasteiger partial charge in [0.05, 0.1) is 0 Å². The van der Waals surface area contributed by atoms with Crippen molar-refractivity contribution < 1.29 is 9.90 Å². The lowest BCUT2D eigenvalue weighted by Gasteiger charge is -2.27. The van der Waals surface area contributed by atoms with Crippen LogP contribution < -0.4 is 0 Å². The third-order valence-electron chi connectivity index (χ3n) is 2.93. The molecule has 0 bridgehead atoms. The molecule has 4 nitrogen and oxygen atoms in total. The molecule has 0 amide bonds. The summed E-state index contributed by atoms with van der Waals surface area (Å²) in [5, 5.41) is 8.91. The molecule has 4 heteroatoms. The van der Waals surface area contributed by atoms with E-state index in [1.54, 1.807) is 6.20 Å². The van der Waals surface area contributed by atoms with Crippen LogP contribution in [0.4, 0.5) is 0 Å². The van der Waals surface area contributed by atoms with Gasteiger partial charge in [0.25, 0.3) is 0 Å². The number of nitrogens with zero attached hydrogens (tertiary/aromatic N) is 2. The van der Waals surface area contributed by atoms with E-state index >= 15 is 0 Å². The Morgan fingerprint density at radius 3 is 2.94 bits per heavy atom. The molecule has 0 unspecified atom stereocenters. The van der Waals surface area contributed by atoms with Crippen molar-refractivity contribution >= 4 is 11.7 Å². The molecule has 0 aromatic rings. The molecule has 3 rings (SSSR count). The summed E-state index contributed by atoms with van der Waals surface area (Å²) in [6.07, 6.45) is 11.2. The minimum absolute atomic E-state index is 0.0975. The molecule has 1 fully saturated rings. The van der Waals surface area contributed by atoms with Gasteiger partial charge in [0, 0.05) is 12.4 Å². The van der Waals surface area contributed by atoms with E-state index < -0.39 is 5.97 Å². The van der Waals surface area contributed by atoms with Crippen LogP contribution in [0.3, 0.4) is 0 Å². The van der Waals surface area contributed by atoms with Crippen LogP contribution in [0.2, 0.25) is 0 Å². The van der Waals surface area contributed by atoms with E-state index in [4.69, 9.17) is 5.11 Å². The Balaban J connectivity index is 2.11. The molecule has 2 heterocycles. The summed E-state index contributed by atoms with van der Waals surface area (Å²) in [6.45, 7) is 0. The summed E-state index contributed by atoms with van der Waals surface area (Å²) in [5.41, 5.74) is 2.52. The van der Waals surface area contributed by atoms with Gasteiger partial charge in [0.15, 0.2) is 5.71 Å². The highest BCUT2D eigenvalue weighted by atomic mass is 16.4. The van der Waals surface area contributed by atoms with Gasteiger partial charge in [-0.1, -0.05) is 6.08 Å². The van der Waals surface area contributed by atoms with Crippen molar-refractivity contribution in [2.24, 2.45) is 4.99 Å². The second kappa shape index (κ2) is 3.20. The minimum Gasteiger partial charge on any atom is -0.477 e. The first-order valence-corrected chi connectivity index (χ1v) is 5.15. The Kier molecular flexibility index (Phi) is 1.83. The second-order valence-corrected chi connectivity index (χ2v) is 3.86. The van der Waals surface area contributed by atoms with Crippen LogP contribution in [0, 0.1) is 0 Å². The zero-order valence-electron chi connectivity index (χ0n) is 8.55. The summed E-state index contributed by atoms with van der Waals surface area (Å²) >= 11 is 0. The molecule has 16 heavy (non-hydrogen) atoms. The predicted octanol–water partition coefficient (Wildman–Crippen LogP) is 1.80. The van der Waals surface area contributed by atoms with E-state index in [2.05, 4.69) is 11.1 Å². The standard InChI is InChI=1S/C12H10N2O2/c15-12(16)10-5-7-14-6-1-2-8-3-4-9(8)11(14)13-10/h1-2,5-7H,3-4H2,(H,15,16). The van der Waals surface area contributed by atoms with Crippen LogP contribution in [-0.2, 0) is 4.79 Å². The fourth-order valence-corrected chi connectivity index (χ4v) is 1.98. The van der Waals surface area contributed by atoms with Crippen molar-refractivity contribution in [1.82, 2.24) is 4.90 Å². The normalized spacial score (nSPS) is 21.6. The van der Waals surface area contributed by atoms with Crippen LogP contribution in [-0.4, -0.2) is 21.7 Å². The molecule has 0 aromatic carbocycles. The van der Waals surface area contributed by atoms with Crippen LogP contribution in [0.25, 0.3) is 0 Å². The highest BCUT2D eigenvalue weighted by Crippen LogP contribution is 2.39. The number of aliphatic imine (C=N–C) groups is 1. The van der Waals surface area contributed by atoms with E-state index in [0.717, 1.165) is 24.2 Å². The Morgan fingerprint density at radius 1 is 1.38 bits per heavy atom. The molecule has 80 valence electrons. The number of allylic oxidation sites excluding steroid dienone is 4. The van der Waals surface area contributed by atoms with Crippen molar-refractivity contribution in [3.8, 4) is 0 Å². The molecule has 0 saturated heterocycles. The molecule has 1 N–H and O–H groups in total. The van der Waals surface area contributed by atoms with Crippen molar-refractivity contribution in [1.29, 1.82) is 0 Å². The van der Waals surface area contributed by atoms with Crippen LogP contribution >= 0.6 is 0 Å². The van der Waals surface area contributed by atoms with Gasteiger partial charge in [0.2, 0.25) is 0 Å². The molecule has 3 aliphatic rings. The minimum atomic E-state index is -0.984. The quantitative estimate of drug-likeness (QED) is 0.724. The summed E-state index contributed by atoms with van der Waals surface area (Å²) in [6, 6.07) is 0. The van der Waals surface area contributed by atoms with Gasteiger partial charge in [-0.05, 0) is 36.1 Å². The monoisotopic (exact) mass is 214 g/mol. The average molecular weight is 214 g/mol. The predicted molar refractivity (Wildman–Crippen MR) is 59.5 cm³/mol. The maximum Gasteiger partial charge on any atom is 0.354 e. The Morgan fingerprint density at radius 2 is 2.25 bits per heavy atom. The highest BCUT2D eigenvalue weighted by molar-refractivity contribution is 6.40. The smallest absolute Gasteiger partial charge is 0.354 e. The molecule has 0 atom stereocenters. The van der Waals surface area contributed by atoms with E-state index in [0.29, 0.717) is 0 Å². The molecule has 2 aliphatic heterocycles. The zero-order chi connectivity index (χ0) is 11.1. The number of carboxylic acids is 1. The maximum absolute atomic E-state index is 10.9. The van der Waals surface area contributed by atoms with Crippen molar-refractivity contribution in [3.05, 3.63) is 47.6 Å². The first-order valence-electron chi connectivity index (χ1n) is 5.15. The van der Waals surface area contributed by atoms with E-state index in [9.17, 15) is 4.79 Å². The number of hydrogen-bond acceptors (Lipinski definition) is 3. The average Bonchev–Trinajstić information content (AvgIpc) is 2.34. The topological polar surface area (TPSA) is 52.9 Å². The molecule has 0 aromatic heterocycles. The van der Waals surface area contributed by atoms with Gasteiger partial charge in [-0.15, -0.1) is 0 Å². The van der Waals surface area contributed by atoms with Gasteiger partial charge in [-0.2, -0.15) is 0 Å². The third-order valence-corrected chi connectivity index (χ3v) is 2.93. The summed E-state index contributed by atoms with van der Waals surface area (Å²) in [7, 11) is 0. The van der Waals surface area contributed by atoms with E-state index in [1.165, 1.54) is 11.6 Å². The van der Waals surface area contributed by atoms with Crippen molar-refractivity contribution in [2.75, 3.05) is 0 Å². The Labute approximate surface area is 92.6 Å². The second-order valence-electron chi connectivity index (χ2n) is 3.86. The first-order chi connectivity index (χ1) is 7.75. The number of carboxylic acid groups (broad SMARTS) is 1. The molecular formula is C12H10N2O2. The highest BCUT2D eigenvalue weighted by Gasteiger charge is 2.26. The van der Waals surface area contributed by atoms with Crippen LogP contribution in [0.5, 0.6) is 0 Å². The van der Waals surface area contributed by atoms with Crippen LogP contribution in [0.1, 0.15) is 12.8 Å². The van der Waals surface area contributed by atoms with E-state index in [-0.39, 0.29) is 5.71 Å². The zero-order valence-corrected chi connectivity index (χ0v) is 8.55. The number of aliphatic carboxylic acids is 1. The van der Waals surface area contributed by atoms with Gasteiger partial charge < -0.3 is 10.0 Å². The molecule has 1 saturated carbocycles. The number of carbonyl (C=O) groups is 1. The van der Waals surface area contributed by atoms with Crippen molar-refractivity contribution in [3.63, 3.8) is 0 Å². The molecular weight excluding hydrogens is 204 g/mol. The van der Waals surface area contributed by atoms with E-state index in [1.807, 2.05) is 17.2 Å². The number of fused-ring (bicyclic) bond motifs is 2. The van der Waals surface area contributed by atoms with Crippen molar-refractivity contribution in [2.45, 2.75) is 12.8 Å². The third kappa shape index (κ3) is 1.23. The van der Waals surface area contributed by atoms with Gasteiger partial charge in [0.1, 0.15) is 5.82 Å². The lowest BCUT2D eigenvalue weighted by Crippen LogP contribution is -2.22. The number of hydrogen-bond donors (Lipinski definition) is 1. The Bertz CT molecular complexity index is 521. The molecule has 1 aliphatic carbocycles.